The molecule has 0 aliphatic carbocycles. The second-order valence-electron chi connectivity index (χ2n) is 5.87. The number of likely N-dealkylation sites (tertiary alicyclic amines) is 1. The zero-order valence-corrected chi connectivity index (χ0v) is 12.9. The number of phenolic OH excluding ortho intramolecular Hbond substituents is 1. The fourth-order valence-corrected chi connectivity index (χ4v) is 2.73. The van der Waals surface area contributed by atoms with Crippen molar-refractivity contribution in [3.8, 4) is 5.75 Å². The van der Waals surface area contributed by atoms with Crippen molar-refractivity contribution in [2.75, 3.05) is 26.2 Å². The van der Waals surface area contributed by atoms with Gasteiger partial charge in [-0.05, 0) is 43.6 Å². The van der Waals surface area contributed by atoms with Gasteiger partial charge in [0, 0.05) is 12.5 Å². The first-order chi connectivity index (χ1) is 11.0. The van der Waals surface area contributed by atoms with Gasteiger partial charge in [-0.1, -0.05) is 12.1 Å². The third-order valence-electron chi connectivity index (χ3n) is 4.09. The lowest BCUT2D eigenvalue weighted by Crippen LogP contribution is -2.44. The lowest BCUT2D eigenvalue weighted by Gasteiger charge is -2.30. The summed E-state index contributed by atoms with van der Waals surface area (Å²) in [7, 11) is 0. The van der Waals surface area contributed by atoms with Gasteiger partial charge in [-0.25, -0.2) is 0 Å². The molecule has 0 radical (unpaired) electrons. The van der Waals surface area contributed by atoms with Gasteiger partial charge in [-0.3, -0.25) is 14.5 Å². The van der Waals surface area contributed by atoms with Crippen LogP contribution in [0.15, 0.2) is 24.3 Å². The van der Waals surface area contributed by atoms with Crippen LogP contribution in [0.5, 0.6) is 5.75 Å². The van der Waals surface area contributed by atoms with Gasteiger partial charge in [-0.15, -0.1) is 0 Å². The second-order valence-corrected chi connectivity index (χ2v) is 5.87. The van der Waals surface area contributed by atoms with Crippen LogP contribution in [0.1, 0.15) is 24.5 Å². The number of nitrogens with one attached hydrogen (secondary N) is 1. The maximum atomic E-state index is 12.1. The van der Waals surface area contributed by atoms with Crippen molar-refractivity contribution in [1.29, 1.82) is 0 Å². The quantitative estimate of drug-likeness (QED) is 0.576. The number of benzene rings is 1. The molecular weight excluding hydrogens is 298 g/mol. The van der Waals surface area contributed by atoms with Crippen LogP contribution >= 0.6 is 0 Å². The predicted octanol–water partition coefficient (Wildman–Crippen LogP) is -0.261. The molecule has 1 aromatic rings. The average molecular weight is 321 g/mol. The molecule has 7 nitrogen and oxygen atoms in total. The van der Waals surface area contributed by atoms with Crippen molar-refractivity contribution < 1.29 is 19.8 Å². The van der Waals surface area contributed by atoms with E-state index in [0.29, 0.717) is 31.5 Å². The zero-order chi connectivity index (χ0) is 16.8. The number of piperidine rings is 1. The van der Waals surface area contributed by atoms with Gasteiger partial charge in [0.2, 0.25) is 11.8 Å². The summed E-state index contributed by atoms with van der Waals surface area (Å²) in [6, 6.07) is 6.23. The van der Waals surface area contributed by atoms with Crippen molar-refractivity contribution in [3.63, 3.8) is 0 Å². The van der Waals surface area contributed by atoms with Crippen molar-refractivity contribution in [2.45, 2.75) is 18.9 Å². The highest BCUT2D eigenvalue weighted by Gasteiger charge is 2.25. The van der Waals surface area contributed by atoms with Crippen LogP contribution in [-0.4, -0.2) is 53.1 Å². The highest BCUT2D eigenvalue weighted by molar-refractivity contribution is 5.79. The summed E-state index contributed by atoms with van der Waals surface area (Å²) in [5.41, 5.74) is 5.80. The van der Waals surface area contributed by atoms with Gasteiger partial charge in [0.15, 0.2) is 0 Å². The molecule has 2 amide bonds. The van der Waals surface area contributed by atoms with E-state index in [9.17, 15) is 19.8 Å². The molecule has 1 fully saturated rings. The highest BCUT2D eigenvalue weighted by atomic mass is 16.3. The Morgan fingerprint density at radius 1 is 1.26 bits per heavy atom. The number of aliphatic hydroxyl groups excluding tert-OH is 1. The number of phenols is 1. The molecule has 1 aliphatic rings. The fourth-order valence-electron chi connectivity index (χ4n) is 2.73. The number of nitrogens with two attached hydrogens (primary N) is 1. The Balaban J connectivity index is 1.75. The molecule has 0 spiro atoms. The molecule has 2 rings (SSSR count). The third-order valence-corrected chi connectivity index (χ3v) is 4.09. The van der Waals surface area contributed by atoms with Gasteiger partial charge in [0.1, 0.15) is 5.75 Å². The highest BCUT2D eigenvalue weighted by Crippen LogP contribution is 2.19. The topological polar surface area (TPSA) is 116 Å². The second kappa shape index (κ2) is 7.94. The zero-order valence-electron chi connectivity index (χ0n) is 12.9. The first-order valence-corrected chi connectivity index (χ1v) is 7.71. The largest absolute Gasteiger partial charge is 0.508 e. The first kappa shape index (κ1) is 17.2. The minimum absolute atomic E-state index is 0.0819. The predicted molar refractivity (Wildman–Crippen MR) is 84.4 cm³/mol. The lowest BCUT2D eigenvalue weighted by atomic mass is 9.95. The number of primary amides is 1. The van der Waals surface area contributed by atoms with E-state index in [4.69, 9.17) is 5.73 Å². The number of hydrogen-bond acceptors (Lipinski definition) is 5. The Kier molecular flexibility index (Phi) is 5.95. The summed E-state index contributed by atoms with van der Waals surface area (Å²) in [6.45, 7) is 1.70. The minimum Gasteiger partial charge on any atom is -0.508 e. The molecule has 0 bridgehead atoms. The van der Waals surface area contributed by atoms with Gasteiger partial charge < -0.3 is 21.3 Å². The lowest BCUT2D eigenvalue weighted by molar-refractivity contribution is -0.127. The molecule has 1 aliphatic heterocycles. The normalized spacial score (nSPS) is 17.6. The Morgan fingerprint density at radius 2 is 1.87 bits per heavy atom. The van der Waals surface area contributed by atoms with E-state index in [1.54, 1.807) is 12.1 Å². The molecule has 1 atom stereocenters. The van der Waals surface area contributed by atoms with Gasteiger partial charge >= 0.3 is 0 Å². The monoisotopic (exact) mass is 321 g/mol. The Hall–Kier alpha value is -2.12. The van der Waals surface area contributed by atoms with Crippen LogP contribution in [0.25, 0.3) is 0 Å². The Bertz CT molecular complexity index is 539. The van der Waals surface area contributed by atoms with E-state index < -0.39 is 6.10 Å². The number of rotatable bonds is 6. The maximum absolute atomic E-state index is 12.1. The van der Waals surface area contributed by atoms with Crippen LogP contribution in [-0.2, 0) is 9.59 Å². The number of carbonyl (C=O) groups excluding carboxylic acids is 2. The fraction of sp³-hybridized carbons (Fsp3) is 0.500. The standard InChI is InChI=1S/C16H23N3O4/c17-15(22)10-19-7-5-12(6-8-19)16(23)18-9-14(21)11-1-3-13(20)4-2-11/h1-4,12,14,20-21H,5-10H2,(H2,17,22)(H,18,23)/t14-/m1/s1. The Morgan fingerprint density at radius 3 is 2.43 bits per heavy atom. The van der Waals surface area contributed by atoms with Crippen LogP contribution in [0.3, 0.4) is 0 Å². The number of amides is 2. The van der Waals surface area contributed by atoms with Gasteiger partial charge in [0.25, 0.3) is 0 Å². The molecule has 0 aromatic heterocycles. The van der Waals surface area contributed by atoms with Crippen LogP contribution in [0, 0.1) is 5.92 Å². The molecule has 5 N–H and O–H groups in total. The number of aromatic hydroxyl groups is 1. The summed E-state index contributed by atoms with van der Waals surface area (Å²) in [5, 5.41) is 22.0. The molecule has 7 heteroatoms. The number of carbonyl (C=O) groups is 2. The van der Waals surface area contributed by atoms with E-state index in [1.165, 1.54) is 12.1 Å². The van der Waals surface area contributed by atoms with E-state index in [2.05, 4.69) is 5.32 Å². The summed E-state index contributed by atoms with van der Waals surface area (Å²) >= 11 is 0. The summed E-state index contributed by atoms with van der Waals surface area (Å²) < 4.78 is 0. The number of hydrogen-bond donors (Lipinski definition) is 4. The summed E-state index contributed by atoms with van der Waals surface area (Å²) in [6.07, 6.45) is 0.539. The van der Waals surface area contributed by atoms with Gasteiger partial charge in [0.05, 0.1) is 12.6 Å². The molecule has 23 heavy (non-hydrogen) atoms. The first-order valence-electron chi connectivity index (χ1n) is 7.71. The van der Waals surface area contributed by atoms with Crippen molar-refractivity contribution in [2.24, 2.45) is 11.7 Å². The molecule has 1 aromatic carbocycles. The minimum atomic E-state index is -0.811. The van der Waals surface area contributed by atoms with Crippen molar-refractivity contribution in [3.05, 3.63) is 29.8 Å². The van der Waals surface area contributed by atoms with Crippen LogP contribution in [0.4, 0.5) is 0 Å². The summed E-state index contributed by atoms with van der Waals surface area (Å²) in [5.74, 6) is -0.412. The van der Waals surface area contributed by atoms with E-state index in [-0.39, 0.29) is 36.6 Å². The SMILES string of the molecule is NC(=O)CN1CCC(C(=O)NC[C@@H](O)c2ccc(O)cc2)CC1. The van der Waals surface area contributed by atoms with Gasteiger partial charge in [-0.2, -0.15) is 0 Å². The van der Waals surface area contributed by atoms with E-state index in [0.717, 1.165) is 0 Å². The van der Waals surface area contributed by atoms with Crippen LogP contribution in [0.2, 0.25) is 0 Å². The number of aliphatic hydroxyl groups is 1. The van der Waals surface area contributed by atoms with Crippen LogP contribution < -0.4 is 11.1 Å². The third kappa shape index (κ3) is 5.22. The molecule has 0 saturated carbocycles. The molecular formula is C16H23N3O4. The number of nitrogens with zero attached hydrogens (tertiary/aromatic N) is 1. The van der Waals surface area contributed by atoms with Crippen molar-refractivity contribution in [1.82, 2.24) is 10.2 Å². The van der Waals surface area contributed by atoms with E-state index >= 15 is 0 Å². The average Bonchev–Trinajstić information content (AvgIpc) is 2.53. The maximum Gasteiger partial charge on any atom is 0.231 e. The Labute approximate surface area is 135 Å². The molecule has 0 unspecified atom stereocenters. The summed E-state index contributed by atoms with van der Waals surface area (Å²) in [4.78, 5) is 25.0. The van der Waals surface area contributed by atoms with Crippen molar-refractivity contribution >= 4 is 11.8 Å². The smallest absolute Gasteiger partial charge is 0.231 e. The molecule has 1 heterocycles. The molecule has 126 valence electrons. The van der Waals surface area contributed by atoms with E-state index in [1.807, 2.05) is 4.90 Å². The molecule has 1 saturated heterocycles.